The van der Waals surface area contributed by atoms with Crippen molar-refractivity contribution in [3.63, 3.8) is 0 Å². The molecule has 0 bridgehead atoms. The van der Waals surface area contributed by atoms with Gasteiger partial charge in [-0.15, -0.1) is 11.8 Å². The molecule has 1 nitrogen and oxygen atoms in total. The van der Waals surface area contributed by atoms with Crippen molar-refractivity contribution in [3.05, 3.63) is 22.7 Å². The third-order valence-electron chi connectivity index (χ3n) is 2.01. The summed E-state index contributed by atoms with van der Waals surface area (Å²) in [5, 5.41) is 3.52. The first-order chi connectivity index (χ1) is 6.07. The number of hydrogen-bond donors (Lipinski definition) is 1. The van der Waals surface area contributed by atoms with E-state index in [9.17, 15) is 0 Å². The van der Waals surface area contributed by atoms with Crippen LogP contribution < -0.4 is 5.32 Å². The molecular formula is C10H12BrNS. The van der Waals surface area contributed by atoms with E-state index in [0.717, 1.165) is 10.2 Å². The molecule has 0 aliphatic carbocycles. The van der Waals surface area contributed by atoms with E-state index < -0.39 is 0 Å². The summed E-state index contributed by atoms with van der Waals surface area (Å²) < 4.78 is 1.15. The van der Waals surface area contributed by atoms with Crippen LogP contribution in [0.4, 0.5) is 5.69 Å². The fourth-order valence-corrected chi connectivity index (χ4v) is 2.96. The van der Waals surface area contributed by atoms with Gasteiger partial charge in [-0.1, -0.05) is 15.9 Å². The van der Waals surface area contributed by atoms with Crippen molar-refractivity contribution in [1.29, 1.82) is 0 Å². The second-order valence-electron chi connectivity index (χ2n) is 3.94. The molecule has 0 spiro atoms. The van der Waals surface area contributed by atoms with E-state index in [4.69, 9.17) is 0 Å². The van der Waals surface area contributed by atoms with Crippen LogP contribution in [0.15, 0.2) is 27.6 Å². The highest BCUT2D eigenvalue weighted by Crippen LogP contribution is 2.38. The van der Waals surface area contributed by atoms with Crippen molar-refractivity contribution in [2.24, 2.45) is 0 Å². The minimum absolute atomic E-state index is 0.214. The predicted molar refractivity (Wildman–Crippen MR) is 62.6 cm³/mol. The standard InChI is InChI=1S/C10H12BrNS/c1-10(2)6-13-9-5-7(11)3-4-8(9)12-10/h3-5,12H,6H2,1-2H3. The molecule has 1 N–H and O–H groups in total. The summed E-state index contributed by atoms with van der Waals surface area (Å²) >= 11 is 5.40. The molecule has 1 aromatic rings. The van der Waals surface area contributed by atoms with Gasteiger partial charge in [0, 0.05) is 26.3 Å². The highest BCUT2D eigenvalue weighted by atomic mass is 79.9. The maximum Gasteiger partial charge on any atom is 0.0483 e. The van der Waals surface area contributed by atoms with E-state index in [1.807, 2.05) is 11.8 Å². The quantitative estimate of drug-likeness (QED) is 0.760. The number of thioether (sulfide) groups is 1. The molecule has 0 aromatic heterocycles. The summed E-state index contributed by atoms with van der Waals surface area (Å²) in [7, 11) is 0. The number of halogens is 1. The molecular weight excluding hydrogens is 246 g/mol. The minimum atomic E-state index is 0.214. The highest BCUT2D eigenvalue weighted by molar-refractivity contribution is 9.10. The monoisotopic (exact) mass is 257 g/mol. The molecule has 1 aromatic carbocycles. The molecule has 0 saturated heterocycles. The van der Waals surface area contributed by atoms with Crippen molar-refractivity contribution in [1.82, 2.24) is 0 Å². The van der Waals surface area contributed by atoms with Crippen molar-refractivity contribution in [2.45, 2.75) is 24.3 Å². The Morgan fingerprint density at radius 3 is 3.00 bits per heavy atom. The Hall–Kier alpha value is -0.150. The Kier molecular flexibility index (Phi) is 2.32. The molecule has 13 heavy (non-hydrogen) atoms. The Bertz CT molecular complexity index is 336. The van der Waals surface area contributed by atoms with Gasteiger partial charge in [-0.05, 0) is 32.0 Å². The fourth-order valence-electron chi connectivity index (χ4n) is 1.38. The lowest BCUT2D eigenvalue weighted by Gasteiger charge is -2.33. The lowest BCUT2D eigenvalue weighted by molar-refractivity contribution is 0.637. The predicted octanol–water partition coefficient (Wildman–Crippen LogP) is 3.75. The van der Waals surface area contributed by atoms with E-state index in [1.54, 1.807) is 0 Å². The van der Waals surface area contributed by atoms with E-state index in [1.165, 1.54) is 10.6 Å². The van der Waals surface area contributed by atoms with Crippen LogP contribution in [0.1, 0.15) is 13.8 Å². The summed E-state index contributed by atoms with van der Waals surface area (Å²) in [5.41, 5.74) is 1.47. The number of fused-ring (bicyclic) bond motifs is 1. The zero-order valence-electron chi connectivity index (χ0n) is 7.73. The van der Waals surface area contributed by atoms with Crippen LogP contribution in [0, 0.1) is 0 Å². The van der Waals surface area contributed by atoms with Gasteiger partial charge >= 0.3 is 0 Å². The Morgan fingerprint density at radius 1 is 1.46 bits per heavy atom. The van der Waals surface area contributed by atoms with Gasteiger partial charge in [-0.2, -0.15) is 0 Å². The number of hydrogen-bond acceptors (Lipinski definition) is 2. The molecule has 1 aliphatic rings. The van der Waals surface area contributed by atoms with Crippen LogP contribution in [0.2, 0.25) is 0 Å². The molecule has 1 aliphatic heterocycles. The smallest absolute Gasteiger partial charge is 0.0483 e. The van der Waals surface area contributed by atoms with Gasteiger partial charge < -0.3 is 5.32 Å². The number of rotatable bonds is 0. The molecule has 2 rings (SSSR count). The Morgan fingerprint density at radius 2 is 2.23 bits per heavy atom. The fraction of sp³-hybridized carbons (Fsp3) is 0.400. The van der Waals surface area contributed by atoms with Gasteiger partial charge in [0.1, 0.15) is 0 Å². The van der Waals surface area contributed by atoms with Crippen molar-refractivity contribution in [2.75, 3.05) is 11.1 Å². The SMILES string of the molecule is CC1(C)CSc2cc(Br)ccc2N1. The highest BCUT2D eigenvalue weighted by Gasteiger charge is 2.24. The van der Waals surface area contributed by atoms with Crippen LogP contribution >= 0.6 is 27.7 Å². The first kappa shape index (κ1) is 9.41. The average molecular weight is 258 g/mol. The molecule has 3 heteroatoms. The third-order valence-corrected chi connectivity index (χ3v) is 4.01. The molecule has 1 heterocycles. The third kappa shape index (κ3) is 2.02. The van der Waals surface area contributed by atoms with Crippen molar-refractivity contribution in [3.8, 4) is 0 Å². The van der Waals surface area contributed by atoms with Gasteiger partial charge in [0.25, 0.3) is 0 Å². The number of nitrogens with one attached hydrogen (secondary N) is 1. The van der Waals surface area contributed by atoms with Gasteiger partial charge in [0.05, 0.1) is 0 Å². The lowest BCUT2D eigenvalue weighted by Crippen LogP contribution is -2.36. The summed E-state index contributed by atoms with van der Waals surface area (Å²) in [6.45, 7) is 4.45. The van der Waals surface area contributed by atoms with E-state index >= 15 is 0 Å². The second kappa shape index (κ2) is 3.21. The van der Waals surface area contributed by atoms with Crippen molar-refractivity contribution >= 4 is 33.4 Å². The minimum Gasteiger partial charge on any atom is -0.378 e. The first-order valence-corrected chi connectivity index (χ1v) is 6.05. The maximum atomic E-state index is 3.52. The Labute approximate surface area is 91.4 Å². The Balaban J connectivity index is 2.37. The van der Waals surface area contributed by atoms with Crippen LogP contribution in [-0.2, 0) is 0 Å². The number of benzene rings is 1. The van der Waals surface area contributed by atoms with Crippen LogP contribution in [0.5, 0.6) is 0 Å². The van der Waals surface area contributed by atoms with Crippen LogP contribution in [-0.4, -0.2) is 11.3 Å². The molecule has 0 unspecified atom stereocenters. The van der Waals surface area contributed by atoms with E-state index in [0.29, 0.717) is 0 Å². The van der Waals surface area contributed by atoms with E-state index in [2.05, 4.69) is 53.3 Å². The van der Waals surface area contributed by atoms with Gasteiger partial charge in [-0.25, -0.2) is 0 Å². The van der Waals surface area contributed by atoms with E-state index in [-0.39, 0.29) is 5.54 Å². The lowest BCUT2D eigenvalue weighted by atomic mass is 10.1. The molecule has 0 radical (unpaired) electrons. The topological polar surface area (TPSA) is 12.0 Å². The largest absolute Gasteiger partial charge is 0.378 e. The molecule has 0 fully saturated rings. The van der Waals surface area contributed by atoms with Gasteiger partial charge in [0.2, 0.25) is 0 Å². The zero-order chi connectivity index (χ0) is 9.47. The first-order valence-electron chi connectivity index (χ1n) is 4.27. The maximum absolute atomic E-state index is 3.52. The second-order valence-corrected chi connectivity index (χ2v) is 5.87. The van der Waals surface area contributed by atoms with Crippen molar-refractivity contribution < 1.29 is 0 Å². The summed E-state index contributed by atoms with van der Waals surface area (Å²) in [6.07, 6.45) is 0. The summed E-state index contributed by atoms with van der Waals surface area (Å²) in [4.78, 5) is 1.34. The molecule has 0 atom stereocenters. The molecule has 0 saturated carbocycles. The normalized spacial score (nSPS) is 19.0. The zero-order valence-corrected chi connectivity index (χ0v) is 10.1. The molecule has 70 valence electrons. The molecule has 0 amide bonds. The summed E-state index contributed by atoms with van der Waals surface area (Å²) in [6, 6.07) is 6.38. The summed E-state index contributed by atoms with van der Waals surface area (Å²) in [5.74, 6) is 1.12. The van der Waals surface area contributed by atoms with Crippen LogP contribution in [0.3, 0.4) is 0 Å². The average Bonchev–Trinajstić information content (AvgIpc) is 2.05. The number of anilines is 1. The van der Waals surface area contributed by atoms with Crippen LogP contribution in [0.25, 0.3) is 0 Å². The van der Waals surface area contributed by atoms with Gasteiger partial charge in [-0.3, -0.25) is 0 Å². The van der Waals surface area contributed by atoms with Gasteiger partial charge in [0.15, 0.2) is 0 Å².